The van der Waals surface area contributed by atoms with Gasteiger partial charge in [0, 0.05) is 24.1 Å². The van der Waals surface area contributed by atoms with Crippen LogP contribution in [0, 0.1) is 0 Å². The Morgan fingerprint density at radius 1 is 1.38 bits per heavy atom. The minimum absolute atomic E-state index is 0.0458. The zero-order valence-electron chi connectivity index (χ0n) is 12.2. The average Bonchev–Trinajstić information content (AvgIpc) is 2.83. The Morgan fingerprint density at radius 3 is 2.67 bits per heavy atom. The third-order valence-corrected chi connectivity index (χ3v) is 3.37. The molecule has 0 spiro atoms. The largest absolute Gasteiger partial charge is 0.490 e. The second kappa shape index (κ2) is 7.00. The molecule has 0 saturated carbocycles. The third-order valence-electron chi connectivity index (χ3n) is 3.37. The summed E-state index contributed by atoms with van der Waals surface area (Å²) in [4.78, 5) is 22.9. The summed E-state index contributed by atoms with van der Waals surface area (Å²) >= 11 is 0. The van der Waals surface area contributed by atoms with E-state index in [1.807, 2.05) is 0 Å². The first kappa shape index (κ1) is 17.9. The molecule has 24 heavy (non-hydrogen) atoms. The molecule has 0 heterocycles. The maximum Gasteiger partial charge on any atom is 0.490 e. The Labute approximate surface area is 134 Å². The maximum atomic E-state index is 12.4. The van der Waals surface area contributed by atoms with Gasteiger partial charge in [0.1, 0.15) is 12.4 Å². The van der Waals surface area contributed by atoms with Crippen LogP contribution in [0.15, 0.2) is 30.1 Å². The van der Waals surface area contributed by atoms with Crippen molar-refractivity contribution in [3.63, 3.8) is 0 Å². The molecular formula is C15H13F4NO4. The molecule has 0 bridgehead atoms. The molecule has 1 aromatic rings. The predicted octanol–water partition coefficient (Wildman–Crippen LogP) is 2.09. The fourth-order valence-corrected chi connectivity index (χ4v) is 2.12. The Bertz CT molecular complexity index is 685. The summed E-state index contributed by atoms with van der Waals surface area (Å²) in [5.41, 5.74) is 6.01. The zero-order chi connectivity index (χ0) is 17.9. The summed E-state index contributed by atoms with van der Waals surface area (Å²) in [6.45, 7) is -0.178. The van der Waals surface area contributed by atoms with E-state index in [2.05, 4.69) is 4.74 Å². The number of rotatable bonds is 5. The van der Waals surface area contributed by atoms with Crippen LogP contribution in [0.3, 0.4) is 0 Å². The molecular weight excluding hydrogens is 334 g/mol. The highest BCUT2D eigenvalue weighted by Crippen LogP contribution is 2.29. The SMILES string of the molecule is NC/C(=C\F)COc1ccc2c(c1)C(=O)C(OC(=O)C(F)(F)F)C2. The quantitative estimate of drug-likeness (QED) is 0.652. The van der Waals surface area contributed by atoms with Crippen LogP contribution >= 0.6 is 0 Å². The van der Waals surface area contributed by atoms with Crippen molar-refractivity contribution in [2.45, 2.75) is 18.7 Å². The first-order valence-corrected chi connectivity index (χ1v) is 6.82. The van der Waals surface area contributed by atoms with Crippen molar-refractivity contribution < 1.29 is 36.6 Å². The number of carbonyl (C=O) groups excluding carboxylic acids is 2. The molecule has 1 aromatic carbocycles. The fraction of sp³-hybridized carbons (Fsp3) is 0.333. The smallest absolute Gasteiger partial charge is 0.489 e. The van der Waals surface area contributed by atoms with Gasteiger partial charge in [-0.2, -0.15) is 13.2 Å². The number of alkyl halides is 3. The van der Waals surface area contributed by atoms with Crippen molar-refractivity contribution in [2.24, 2.45) is 5.73 Å². The van der Waals surface area contributed by atoms with Crippen LogP contribution in [0.1, 0.15) is 15.9 Å². The number of ketones is 1. The number of Topliss-reactive ketones (excluding diaryl/α,β-unsaturated/α-hetero) is 1. The van der Waals surface area contributed by atoms with Gasteiger partial charge >= 0.3 is 12.1 Å². The van der Waals surface area contributed by atoms with E-state index >= 15 is 0 Å². The number of esters is 1. The van der Waals surface area contributed by atoms with Crippen LogP contribution < -0.4 is 10.5 Å². The van der Waals surface area contributed by atoms with Crippen molar-refractivity contribution in [1.29, 1.82) is 0 Å². The molecule has 1 aliphatic carbocycles. The molecule has 0 aliphatic heterocycles. The number of hydrogen-bond donors (Lipinski definition) is 1. The highest BCUT2D eigenvalue weighted by atomic mass is 19.4. The van der Waals surface area contributed by atoms with Crippen LogP contribution in [0.5, 0.6) is 5.75 Å². The number of benzene rings is 1. The topological polar surface area (TPSA) is 78.6 Å². The van der Waals surface area contributed by atoms with E-state index in [1.165, 1.54) is 18.2 Å². The first-order chi connectivity index (χ1) is 11.3. The van der Waals surface area contributed by atoms with Crippen LogP contribution in [-0.4, -0.2) is 37.2 Å². The molecule has 0 fully saturated rings. The third kappa shape index (κ3) is 3.91. The molecule has 0 aromatic heterocycles. The standard InChI is InChI=1S/C15H13F4NO4/c16-5-8(6-20)7-23-10-2-1-9-3-12(13(21)11(9)4-10)24-14(22)15(17,18)19/h1-2,4-5,12H,3,6-7,20H2/b8-5+. The highest BCUT2D eigenvalue weighted by molar-refractivity contribution is 6.05. The van der Waals surface area contributed by atoms with Gasteiger partial charge in [0.2, 0.25) is 5.78 Å². The molecule has 1 unspecified atom stereocenters. The van der Waals surface area contributed by atoms with Gasteiger partial charge in [-0.05, 0) is 17.7 Å². The second-order valence-electron chi connectivity index (χ2n) is 5.04. The van der Waals surface area contributed by atoms with Gasteiger partial charge in [-0.1, -0.05) is 6.07 Å². The lowest BCUT2D eigenvalue weighted by atomic mass is 10.1. The van der Waals surface area contributed by atoms with E-state index in [4.69, 9.17) is 10.5 Å². The van der Waals surface area contributed by atoms with Crippen LogP contribution in [0.25, 0.3) is 0 Å². The van der Waals surface area contributed by atoms with Crippen molar-refractivity contribution in [2.75, 3.05) is 13.2 Å². The zero-order valence-corrected chi connectivity index (χ0v) is 12.2. The molecule has 0 radical (unpaired) electrons. The van der Waals surface area contributed by atoms with Crippen LogP contribution in [0.4, 0.5) is 17.6 Å². The van der Waals surface area contributed by atoms with E-state index in [-0.39, 0.29) is 36.5 Å². The van der Waals surface area contributed by atoms with E-state index in [9.17, 15) is 27.2 Å². The van der Waals surface area contributed by atoms with Gasteiger partial charge in [-0.15, -0.1) is 0 Å². The molecule has 1 aliphatic rings. The van der Waals surface area contributed by atoms with Crippen molar-refractivity contribution in [3.8, 4) is 5.75 Å². The van der Waals surface area contributed by atoms with Crippen molar-refractivity contribution >= 4 is 11.8 Å². The van der Waals surface area contributed by atoms with Crippen molar-refractivity contribution in [1.82, 2.24) is 0 Å². The summed E-state index contributed by atoms with van der Waals surface area (Å²) in [5, 5.41) is 0. The number of ether oxygens (including phenoxy) is 2. The molecule has 2 rings (SSSR count). The number of halogens is 4. The molecule has 9 heteroatoms. The Kier molecular flexibility index (Phi) is 5.23. The van der Waals surface area contributed by atoms with E-state index in [1.54, 1.807) is 0 Å². The van der Waals surface area contributed by atoms with Crippen molar-refractivity contribution in [3.05, 3.63) is 41.2 Å². The fourth-order valence-electron chi connectivity index (χ4n) is 2.12. The first-order valence-electron chi connectivity index (χ1n) is 6.82. The molecule has 0 saturated heterocycles. The van der Waals surface area contributed by atoms with Gasteiger partial charge in [0.05, 0.1) is 6.33 Å². The normalized spacial score (nSPS) is 17.6. The summed E-state index contributed by atoms with van der Waals surface area (Å²) in [5.74, 6) is -2.93. The minimum Gasteiger partial charge on any atom is -0.489 e. The van der Waals surface area contributed by atoms with Gasteiger partial charge in [-0.3, -0.25) is 4.79 Å². The highest BCUT2D eigenvalue weighted by Gasteiger charge is 2.45. The Morgan fingerprint density at radius 2 is 2.08 bits per heavy atom. The molecule has 0 amide bonds. The predicted molar refractivity (Wildman–Crippen MR) is 74.2 cm³/mol. The van der Waals surface area contributed by atoms with E-state index in [0.717, 1.165) is 0 Å². The molecule has 5 nitrogen and oxygen atoms in total. The number of nitrogens with two attached hydrogens (primary N) is 1. The average molecular weight is 347 g/mol. The lowest BCUT2D eigenvalue weighted by Crippen LogP contribution is -2.32. The lowest BCUT2D eigenvalue weighted by molar-refractivity contribution is -0.202. The minimum atomic E-state index is -5.17. The Balaban J connectivity index is 2.08. The van der Waals surface area contributed by atoms with Crippen LogP contribution in [0.2, 0.25) is 0 Å². The molecule has 130 valence electrons. The van der Waals surface area contributed by atoms with Gasteiger partial charge < -0.3 is 15.2 Å². The molecule has 2 N–H and O–H groups in total. The maximum absolute atomic E-state index is 12.4. The summed E-state index contributed by atoms with van der Waals surface area (Å²) < 4.78 is 58.5. The number of hydrogen-bond acceptors (Lipinski definition) is 5. The van der Waals surface area contributed by atoms with E-state index < -0.39 is 24.0 Å². The molecule has 1 atom stereocenters. The summed E-state index contributed by atoms with van der Waals surface area (Å²) in [6.07, 6.45) is -6.52. The summed E-state index contributed by atoms with van der Waals surface area (Å²) in [7, 11) is 0. The lowest BCUT2D eigenvalue weighted by Gasteiger charge is -2.11. The number of carbonyl (C=O) groups is 2. The van der Waals surface area contributed by atoms with Gasteiger partial charge in [0.25, 0.3) is 0 Å². The second-order valence-corrected chi connectivity index (χ2v) is 5.04. The summed E-state index contributed by atoms with van der Waals surface area (Å²) in [6, 6.07) is 4.27. The van der Waals surface area contributed by atoms with E-state index in [0.29, 0.717) is 11.9 Å². The van der Waals surface area contributed by atoms with Gasteiger partial charge in [-0.25, -0.2) is 9.18 Å². The number of fused-ring (bicyclic) bond motifs is 1. The Hall–Kier alpha value is -2.42. The monoisotopic (exact) mass is 347 g/mol. The van der Waals surface area contributed by atoms with Gasteiger partial charge in [0.15, 0.2) is 6.10 Å². The van der Waals surface area contributed by atoms with Crippen LogP contribution in [-0.2, 0) is 16.0 Å².